The Morgan fingerprint density at radius 1 is 1.23 bits per heavy atom. The van der Waals surface area contributed by atoms with Gasteiger partial charge >= 0.3 is 6.18 Å². The van der Waals surface area contributed by atoms with Crippen LogP contribution in [0.25, 0.3) is 0 Å². The SMILES string of the molecule is O=C(/C=C/C(F)(F)F)N1CCCC1. The van der Waals surface area contributed by atoms with Crippen LogP contribution in [0.1, 0.15) is 12.8 Å². The minimum absolute atomic E-state index is 0.0202. The molecule has 0 saturated carbocycles. The van der Waals surface area contributed by atoms with Gasteiger partial charge in [-0.05, 0) is 12.8 Å². The van der Waals surface area contributed by atoms with Crippen molar-refractivity contribution in [1.82, 2.24) is 4.90 Å². The van der Waals surface area contributed by atoms with Gasteiger partial charge in [0, 0.05) is 25.2 Å². The Morgan fingerprint density at radius 3 is 2.23 bits per heavy atom. The summed E-state index contributed by atoms with van der Waals surface area (Å²) in [5.74, 6) is -0.546. The van der Waals surface area contributed by atoms with Crippen molar-refractivity contribution in [2.75, 3.05) is 13.1 Å². The van der Waals surface area contributed by atoms with Gasteiger partial charge in [-0.25, -0.2) is 0 Å². The second kappa shape index (κ2) is 3.81. The fourth-order valence-electron chi connectivity index (χ4n) is 1.21. The zero-order valence-electron chi connectivity index (χ0n) is 6.97. The summed E-state index contributed by atoms with van der Waals surface area (Å²) in [7, 11) is 0. The number of nitrogens with zero attached hydrogens (tertiary/aromatic N) is 1. The molecule has 0 unspecified atom stereocenters. The van der Waals surface area contributed by atoms with Gasteiger partial charge in [0.2, 0.25) is 5.91 Å². The molecule has 0 atom stereocenters. The van der Waals surface area contributed by atoms with Crippen LogP contribution in [0.2, 0.25) is 0 Å². The first-order valence-electron chi connectivity index (χ1n) is 4.04. The van der Waals surface area contributed by atoms with Crippen molar-refractivity contribution in [3.8, 4) is 0 Å². The first kappa shape index (κ1) is 10.1. The lowest BCUT2D eigenvalue weighted by Crippen LogP contribution is -2.26. The highest BCUT2D eigenvalue weighted by molar-refractivity contribution is 5.87. The number of amides is 1. The Morgan fingerprint density at radius 2 is 1.77 bits per heavy atom. The molecule has 0 aromatic rings. The molecule has 2 nitrogen and oxygen atoms in total. The van der Waals surface area contributed by atoms with Gasteiger partial charge in [0.15, 0.2) is 0 Å². The van der Waals surface area contributed by atoms with E-state index in [1.54, 1.807) is 0 Å². The molecule has 13 heavy (non-hydrogen) atoms. The maximum absolute atomic E-state index is 11.6. The van der Waals surface area contributed by atoms with Crippen LogP contribution >= 0.6 is 0 Å². The number of hydrogen-bond acceptors (Lipinski definition) is 1. The lowest BCUT2D eigenvalue weighted by Gasteiger charge is -2.11. The molecule has 0 aromatic heterocycles. The molecule has 0 radical (unpaired) electrons. The van der Waals surface area contributed by atoms with E-state index in [9.17, 15) is 18.0 Å². The number of carbonyl (C=O) groups excluding carboxylic acids is 1. The maximum atomic E-state index is 11.6. The van der Waals surface area contributed by atoms with E-state index in [1.807, 2.05) is 0 Å². The molecule has 5 heteroatoms. The summed E-state index contributed by atoms with van der Waals surface area (Å²) < 4.78 is 34.9. The van der Waals surface area contributed by atoms with Gasteiger partial charge in [-0.1, -0.05) is 0 Å². The molecule has 1 heterocycles. The zero-order valence-corrected chi connectivity index (χ0v) is 6.97. The average molecular weight is 193 g/mol. The number of allylic oxidation sites excluding steroid dienone is 1. The quantitative estimate of drug-likeness (QED) is 0.581. The Bertz CT molecular complexity index is 216. The number of rotatable bonds is 1. The normalized spacial score (nSPS) is 18.5. The van der Waals surface area contributed by atoms with Crippen LogP contribution in [0.5, 0.6) is 0 Å². The second-order valence-electron chi connectivity index (χ2n) is 2.91. The lowest BCUT2D eigenvalue weighted by atomic mass is 10.4. The summed E-state index contributed by atoms with van der Waals surface area (Å²) in [6.45, 7) is 1.14. The van der Waals surface area contributed by atoms with Gasteiger partial charge in [-0.3, -0.25) is 4.79 Å². The van der Waals surface area contributed by atoms with Crippen molar-refractivity contribution in [3.05, 3.63) is 12.2 Å². The first-order valence-corrected chi connectivity index (χ1v) is 4.04. The van der Waals surface area contributed by atoms with Gasteiger partial charge in [-0.15, -0.1) is 0 Å². The van der Waals surface area contributed by atoms with E-state index >= 15 is 0 Å². The monoisotopic (exact) mass is 193 g/mol. The minimum Gasteiger partial charge on any atom is -0.339 e. The minimum atomic E-state index is -4.39. The van der Waals surface area contributed by atoms with Gasteiger partial charge in [0.25, 0.3) is 0 Å². The molecule has 1 amide bonds. The van der Waals surface area contributed by atoms with E-state index in [0.717, 1.165) is 12.8 Å². The summed E-state index contributed by atoms with van der Waals surface area (Å²) in [4.78, 5) is 12.5. The fourth-order valence-corrected chi connectivity index (χ4v) is 1.21. The van der Waals surface area contributed by atoms with E-state index in [0.29, 0.717) is 19.2 Å². The predicted octanol–water partition coefficient (Wildman–Crippen LogP) is 1.73. The molecule has 0 N–H and O–H groups in total. The number of halogens is 3. The molecular weight excluding hydrogens is 183 g/mol. The summed E-state index contributed by atoms with van der Waals surface area (Å²) in [5, 5.41) is 0. The van der Waals surface area contributed by atoms with Crippen LogP contribution in [0.15, 0.2) is 12.2 Å². The molecule has 0 spiro atoms. The third kappa shape index (κ3) is 3.48. The highest BCUT2D eigenvalue weighted by atomic mass is 19.4. The summed E-state index contributed by atoms with van der Waals surface area (Å²) in [6, 6.07) is 0. The van der Waals surface area contributed by atoms with Crippen LogP contribution in [-0.4, -0.2) is 30.1 Å². The average Bonchev–Trinajstić information content (AvgIpc) is 2.50. The number of carbonyl (C=O) groups is 1. The Balaban J connectivity index is 2.44. The standard InChI is InChI=1S/C8H10F3NO/c9-8(10,11)4-3-7(13)12-5-1-2-6-12/h3-4H,1-2,5-6H2/b4-3+. The van der Waals surface area contributed by atoms with Crippen LogP contribution < -0.4 is 0 Å². The summed E-state index contributed by atoms with van der Waals surface area (Å²) >= 11 is 0. The Kier molecular flexibility index (Phi) is 2.95. The zero-order chi connectivity index (χ0) is 9.90. The fraction of sp³-hybridized carbons (Fsp3) is 0.625. The van der Waals surface area contributed by atoms with Crippen LogP contribution in [0, 0.1) is 0 Å². The largest absolute Gasteiger partial charge is 0.409 e. The Labute approximate surface area is 74.0 Å². The molecule has 0 aromatic carbocycles. The van der Waals surface area contributed by atoms with E-state index in [2.05, 4.69) is 0 Å². The number of likely N-dealkylation sites (tertiary alicyclic amines) is 1. The molecular formula is C8H10F3NO. The van der Waals surface area contributed by atoms with Crippen molar-refractivity contribution in [1.29, 1.82) is 0 Å². The first-order chi connectivity index (χ1) is 5.99. The van der Waals surface area contributed by atoms with Crippen molar-refractivity contribution < 1.29 is 18.0 Å². The number of hydrogen-bond donors (Lipinski definition) is 0. The predicted molar refractivity (Wildman–Crippen MR) is 41.0 cm³/mol. The summed E-state index contributed by atoms with van der Waals surface area (Å²) in [6.07, 6.45) is -2.06. The van der Waals surface area contributed by atoms with Gasteiger partial charge in [-0.2, -0.15) is 13.2 Å². The molecule has 1 aliphatic heterocycles. The maximum Gasteiger partial charge on any atom is 0.409 e. The molecule has 0 bridgehead atoms. The highest BCUT2D eigenvalue weighted by Gasteiger charge is 2.24. The van der Waals surface area contributed by atoms with E-state index in [1.165, 1.54) is 4.90 Å². The van der Waals surface area contributed by atoms with Crippen LogP contribution in [-0.2, 0) is 4.79 Å². The molecule has 1 saturated heterocycles. The van der Waals surface area contributed by atoms with E-state index < -0.39 is 12.1 Å². The van der Waals surface area contributed by atoms with Crippen LogP contribution in [0.3, 0.4) is 0 Å². The van der Waals surface area contributed by atoms with E-state index in [4.69, 9.17) is 0 Å². The number of alkyl halides is 3. The van der Waals surface area contributed by atoms with Crippen molar-refractivity contribution in [2.45, 2.75) is 19.0 Å². The van der Waals surface area contributed by atoms with Gasteiger partial charge < -0.3 is 4.90 Å². The van der Waals surface area contributed by atoms with E-state index in [-0.39, 0.29) is 6.08 Å². The van der Waals surface area contributed by atoms with Crippen molar-refractivity contribution in [3.63, 3.8) is 0 Å². The third-order valence-electron chi connectivity index (χ3n) is 1.83. The second-order valence-corrected chi connectivity index (χ2v) is 2.91. The smallest absolute Gasteiger partial charge is 0.339 e. The highest BCUT2D eigenvalue weighted by Crippen LogP contribution is 2.16. The summed E-state index contributed by atoms with van der Waals surface area (Å²) in [5.41, 5.74) is 0. The lowest BCUT2D eigenvalue weighted by molar-refractivity contribution is -0.125. The third-order valence-corrected chi connectivity index (χ3v) is 1.83. The van der Waals surface area contributed by atoms with Gasteiger partial charge in [0.05, 0.1) is 0 Å². The van der Waals surface area contributed by atoms with Crippen molar-refractivity contribution >= 4 is 5.91 Å². The molecule has 0 aliphatic carbocycles. The van der Waals surface area contributed by atoms with Crippen molar-refractivity contribution in [2.24, 2.45) is 0 Å². The Hall–Kier alpha value is -1.00. The van der Waals surface area contributed by atoms with Gasteiger partial charge in [0.1, 0.15) is 0 Å². The topological polar surface area (TPSA) is 20.3 Å². The molecule has 1 rings (SSSR count). The molecule has 1 aliphatic rings. The molecule has 74 valence electrons. The molecule has 1 fully saturated rings. The van der Waals surface area contributed by atoms with Crippen LogP contribution in [0.4, 0.5) is 13.2 Å².